The minimum absolute atomic E-state index is 0.0982. The van der Waals surface area contributed by atoms with Crippen LogP contribution < -0.4 is 5.73 Å². The summed E-state index contributed by atoms with van der Waals surface area (Å²) in [5, 5.41) is 2.92. The maximum atomic E-state index is 11.3. The Hall–Kier alpha value is -0.910. The largest absolute Gasteiger partial charge is 0.326 e. The topological polar surface area (TPSA) is 60.2 Å². The van der Waals surface area contributed by atoms with Crippen molar-refractivity contribution in [2.75, 3.05) is 6.26 Å². The minimum Gasteiger partial charge on any atom is -0.326 e. The van der Waals surface area contributed by atoms with E-state index in [2.05, 4.69) is 0 Å². The molecule has 0 radical (unpaired) electrons. The molecular weight excluding hydrogens is 242 g/mol. The fourth-order valence-electron chi connectivity index (χ4n) is 1.73. The maximum absolute atomic E-state index is 11.3. The van der Waals surface area contributed by atoms with E-state index in [0.29, 0.717) is 6.54 Å². The lowest BCUT2D eigenvalue weighted by Crippen LogP contribution is -2.00. The SMILES string of the molecule is CS(=O)(=O)Cc1csc2c(CN)cccc12. The highest BCUT2D eigenvalue weighted by molar-refractivity contribution is 7.89. The van der Waals surface area contributed by atoms with E-state index in [1.54, 1.807) is 11.3 Å². The summed E-state index contributed by atoms with van der Waals surface area (Å²) in [6.07, 6.45) is 1.25. The lowest BCUT2D eigenvalue weighted by atomic mass is 10.1. The molecule has 0 aliphatic carbocycles. The molecular formula is C11H13NO2S2. The highest BCUT2D eigenvalue weighted by atomic mass is 32.2. The predicted molar refractivity (Wildman–Crippen MR) is 68.3 cm³/mol. The third-order valence-electron chi connectivity index (χ3n) is 2.40. The Morgan fingerprint density at radius 3 is 2.69 bits per heavy atom. The van der Waals surface area contributed by atoms with Crippen molar-refractivity contribution in [3.8, 4) is 0 Å². The zero-order chi connectivity index (χ0) is 11.8. The van der Waals surface area contributed by atoms with Gasteiger partial charge in [-0.3, -0.25) is 0 Å². The molecule has 3 nitrogen and oxygen atoms in total. The van der Waals surface area contributed by atoms with Crippen LogP contribution in [0.3, 0.4) is 0 Å². The second-order valence-corrected chi connectivity index (χ2v) is 6.85. The van der Waals surface area contributed by atoms with Crippen molar-refractivity contribution in [3.63, 3.8) is 0 Å². The molecule has 0 fully saturated rings. The molecule has 0 saturated heterocycles. The minimum atomic E-state index is -2.98. The number of fused-ring (bicyclic) bond motifs is 1. The van der Waals surface area contributed by atoms with Gasteiger partial charge in [-0.25, -0.2) is 8.42 Å². The summed E-state index contributed by atoms with van der Waals surface area (Å²) in [6.45, 7) is 0.482. The van der Waals surface area contributed by atoms with Crippen LogP contribution in [0.25, 0.3) is 10.1 Å². The van der Waals surface area contributed by atoms with Gasteiger partial charge >= 0.3 is 0 Å². The van der Waals surface area contributed by atoms with Crippen LogP contribution in [0, 0.1) is 0 Å². The first kappa shape index (κ1) is 11.6. The van der Waals surface area contributed by atoms with Gasteiger partial charge in [-0.05, 0) is 21.9 Å². The number of sulfone groups is 1. The van der Waals surface area contributed by atoms with E-state index >= 15 is 0 Å². The molecule has 2 rings (SSSR count). The van der Waals surface area contributed by atoms with Crippen molar-refractivity contribution in [1.29, 1.82) is 0 Å². The molecule has 0 unspecified atom stereocenters. The molecule has 0 spiro atoms. The molecule has 86 valence electrons. The van der Waals surface area contributed by atoms with Crippen molar-refractivity contribution in [3.05, 3.63) is 34.7 Å². The Balaban J connectivity index is 2.58. The fourth-order valence-corrected chi connectivity index (χ4v) is 3.73. The highest BCUT2D eigenvalue weighted by Crippen LogP contribution is 2.29. The highest BCUT2D eigenvalue weighted by Gasteiger charge is 2.11. The maximum Gasteiger partial charge on any atom is 0.151 e. The molecule has 1 aromatic heterocycles. The van der Waals surface area contributed by atoms with E-state index in [-0.39, 0.29) is 5.75 Å². The van der Waals surface area contributed by atoms with Gasteiger partial charge in [0.05, 0.1) is 5.75 Å². The molecule has 0 aliphatic rings. The molecule has 2 aromatic rings. The molecule has 0 aliphatic heterocycles. The zero-order valence-electron chi connectivity index (χ0n) is 8.93. The van der Waals surface area contributed by atoms with Gasteiger partial charge in [0, 0.05) is 17.5 Å². The third kappa shape index (κ3) is 2.26. The Labute approximate surface area is 98.8 Å². The molecule has 2 N–H and O–H groups in total. The fraction of sp³-hybridized carbons (Fsp3) is 0.273. The standard InChI is InChI=1S/C11H13NO2S2/c1-16(13,14)7-9-6-15-11-8(5-12)3-2-4-10(9)11/h2-4,6H,5,7,12H2,1H3. The summed E-state index contributed by atoms with van der Waals surface area (Å²) >= 11 is 1.56. The Morgan fingerprint density at radius 2 is 2.06 bits per heavy atom. The second-order valence-electron chi connectivity index (χ2n) is 3.83. The van der Waals surface area contributed by atoms with E-state index in [0.717, 1.165) is 21.2 Å². The number of thiophene rings is 1. The van der Waals surface area contributed by atoms with Crippen LogP contribution in [0.15, 0.2) is 23.6 Å². The van der Waals surface area contributed by atoms with Crippen molar-refractivity contribution in [2.45, 2.75) is 12.3 Å². The van der Waals surface area contributed by atoms with Gasteiger partial charge in [0.1, 0.15) is 0 Å². The summed E-state index contributed by atoms with van der Waals surface area (Å²) in [4.78, 5) is 0. The Kier molecular flexibility index (Phi) is 3.01. The average Bonchev–Trinajstić information content (AvgIpc) is 2.59. The van der Waals surface area contributed by atoms with Gasteiger partial charge in [0.25, 0.3) is 0 Å². The normalized spacial score (nSPS) is 12.1. The molecule has 5 heteroatoms. The quantitative estimate of drug-likeness (QED) is 0.911. The Morgan fingerprint density at radius 1 is 1.31 bits per heavy atom. The molecule has 0 atom stereocenters. The predicted octanol–water partition coefficient (Wildman–Crippen LogP) is 1.90. The van der Waals surface area contributed by atoms with Crippen LogP contribution in [-0.2, 0) is 22.1 Å². The van der Waals surface area contributed by atoms with Crippen LogP contribution in [0.5, 0.6) is 0 Å². The summed E-state index contributed by atoms with van der Waals surface area (Å²) in [5.41, 5.74) is 7.59. The summed E-state index contributed by atoms with van der Waals surface area (Å²) in [7, 11) is -2.98. The summed E-state index contributed by atoms with van der Waals surface area (Å²) < 4.78 is 23.7. The smallest absolute Gasteiger partial charge is 0.151 e. The van der Waals surface area contributed by atoms with Crippen LogP contribution in [-0.4, -0.2) is 14.7 Å². The Bertz CT molecular complexity index is 614. The lowest BCUT2D eigenvalue weighted by molar-refractivity contribution is 0.601. The van der Waals surface area contributed by atoms with Gasteiger partial charge in [-0.2, -0.15) is 0 Å². The number of hydrogen-bond donors (Lipinski definition) is 1. The second kappa shape index (κ2) is 4.16. The molecule has 1 heterocycles. The van der Waals surface area contributed by atoms with Crippen LogP contribution >= 0.6 is 11.3 Å². The van der Waals surface area contributed by atoms with E-state index < -0.39 is 9.84 Å². The molecule has 0 amide bonds. The molecule has 0 saturated carbocycles. The van der Waals surface area contributed by atoms with Gasteiger partial charge in [0.2, 0.25) is 0 Å². The zero-order valence-corrected chi connectivity index (χ0v) is 10.6. The number of hydrogen-bond acceptors (Lipinski definition) is 4. The molecule has 16 heavy (non-hydrogen) atoms. The van der Waals surface area contributed by atoms with Gasteiger partial charge in [-0.1, -0.05) is 18.2 Å². The number of nitrogens with two attached hydrogens (primary N) is 1. The summed E-state index contributed by atoms with van der Waals surface area (Å²) in [5.74, 6) is 0.0982. The molecule has 0 bridgehead atoms. The van der Waals surface area contributed by atoms with Gasteiger partial charge in [0.15, 0.2) is 9.84 Å². The van der Waals surface area contributed by atoms with Gasteiger partial charge in [-0.15, -0.1) is 11.3 Å². The average molecular weight is 255 g/mol. The van der Waals surface area contributed by atoms with E-state index in [9.17, 15) is 8.42 Å². The molecule has 1 aromatic carbocycles. The first-order chi connectivity index (χ1) is 7.51. The van der Waals surface area contributed by atoms with E-state index in [4.69, 9.17) is 5.73 Å². The van der Waals surface area contributed by atoms with Crippen molar-refractivity contribution in [1.82, 2.24) is 0 Å². The lowest BCUT2D eigenvalue weighted by Gasteiger charge is -2.00. The third-order valence-corrected chi connectivity index (χ3v) is 4.35. The van der Waals surface area contributed by atoms with Gasteiger partial charge < -0.3 is 5.73 Å². The van der Waals surface area contributed by atoms with Crippen molar-refractivity contribution in [2.24, 2.45) is 5.73 Å². The number of benzene rings is 1. The number of rotatable bonds is 3. The van der Waals surface area contributed by atoms with Crippen molar-refractivity contribution >= 4 is 31.3 Å². The summed E-state index contributed by atoms with van der Waals surface area (Å²) in [6, 6.07) is 5.84. The monoisotopic (exact) mass is 255 g/mol. The first-order valence-electron chi connectivity index (χ1n) is 4.87. The van der Waals surface area contributed by atoms with E-state index in [1.807, 2.05) is 23.6 Å². The van der Waals surface area contributed by atoms with E-state index in [1.165, 1.54) is 6.26 Å². The van der Waals surface area contributed by atoms with Crippen LogP contribution in [0.4, 0.5) is 0 Å². The van der Waals surface area contributed by atoms with Crippen molar-refractivity contribution < 1.29 is 8.42 Å². The first-order valence-corrected chi connectivity index (χ1v) is 7.81. The van der Waals surface area contributed by atoms with Crippen LogP contribution in [0.1, 0.15) is 11.1 Å². The van der Waals surface area contributed by atoms with Crippen LogP contribution in [0.2, 0.25) is 0 Å².